The molecule has 6 heteroatoms. The van der Waals surface area contributed by atoms with Crippen molar-refractivity contribution in [3.8, 4) is 0 Å². The fourth-order valence-corrected chi connectivity index (χ4v) is 1.89. The van der Waals surface area contributed by atoms with Gasteiger partial charge in [-0.1, -0.05) is 12.1 Å². The van der Waals surface area contributed by atoms with Crippen LogP contribution in [-0.2, 0) is 22.3 Å². The summed E-state index contributed by atoms with van der Waals surface area (Å²) in [5.74, 6) is -0.298. The van der Waals surface area contributed by atoms with Crippen LogP contribution >= 0.6 is 0 Å². The first kappa shape index (κ1) is 17.5. The van der Waals surface area contributed by atoms with Gasteiger partial charge in [-0.25, -0.2) is 0 Å². The fourth-order valence-electron chi connectivity index (χ4n) is 1.89. The summed E-state index contributed by atoms with van der Waals surface area (Å²) in [6.07, 6.45) is -4.06. The third-order valence-corrected chi connectivity index (χ3v) is 3.23. The molecule has 0 unspecified atom stereocenters. The first-order valence-electron chi connectivity index (χ1n) is 6.71. The number of esters is 1. The van der Waals surface area contributed by atoms with Crippen LogP contribution in [0.3, 0.4) is 0 Å². The molecule has 0 aliphatic heterocycles. The number of carbonyl (C=O) groups is 1. The number of methoxy groups -OCH3 is 1. The Morgan fingerprint density at radius 1 is 1.24 bits per heavy atom. The van der Waals surface area contributed by atoms with Gasteiger partial charge in [-0.15, -0.1) is 0 Å². The van der Waals surface area contributed by atoms with E-state index >= 15 is 0 Å². The summed E-state index contributed by atoms with van der Waals surface area (Å²) in [6, 6.07) is 5.27. The molecule has 3 nitrogen and oxygen atoms in total. The van der Waals surface area contributed by atoms with E-state index in [-0.39, 0.29) is 18.4 Å². The molecule has 118 valence electrons. The molecule has 0 amide bonds. The average molecular weight is 303 g/mol. The third kappa shape index (κ3) is 5.75. The Bertz CT molecular complexity index is 455. The number of hydrogen-bond donors (Lipinski definition) is 0. The molecule has 21 heavy (non-hydrogen) atoms. The van der Waals surface area contributed by atoms with E-state index in [0.29, 0.717) is 13.1 Å². The highest BCUT2D eigenvalue weighted by atomic mass is 19.4. The monoisotopic (exact) mass is 303 g/mol. The predicted molar refractivity (Wildman–Crippen MR) is 73.6 cm³/mol. The van der Waals surface area contributed by atoms with Crippen LogP contribution in [0.1, 0.15) is 31.4 Å². The van der Waals surface area contributed by atoms with Gasteiger partial charge >= 0.3 is 12.1 Å². The summed E-state index contributed by atoms with van der Waals surface area (Å²) in [5, 5.41) is 0. The lowest BCUT2D eigenvalue weighted by molar-refractivity contribution is -0.141. The lowest BCUT2D eigenvalue weighted by Crippen LogP contribution is -2.32. The Morgan fingerprint density at radius 2 is 1.81 bits per heavy atom. The van der Waals surface area contributed by atoms with Crippen molar-refractivity contribution in [3.05, 3.63) is 35.4 Å². The van der Waals surface area contributed by atoms with Gasteiger partial charge in [0.25, 0.3) is 0 Å². The van der Waals surface area contributed by atoms with E-state index < -0.39 is 11.7 Å². The van der Waals surface area contributed by atoms with Gasteiger partial charge in [0.1, 0.15) is 0 Å². The molecule has 1 aromatic carbocycles. The van der Waals surface area contributed by atoms with Crippen molar-refractivity contribution in [1.82, 2.24) is 4.90 Å². The van der Waals surface area contributed by atoms with Crippen molar-refractivity contribution in [1.29, 1.82) is 0 Å². The molecule has 0 aliphatic carbocycles. The molecular weight excluding hydrogens is 283 g/mol. The van der Waals surface area contributed by atoms with Crippen molar-refractivity contribution in [2.24, 2.45) is 0 Å². The Kier molecular flexibility index (Phi) is 6.20. The molecule has 1 aromatic rings. The second-order valence-corrected chi connectivity index (χ2v) is 5.09. The van der Waals surface area contributed by atoms with E-state index in [1.165, 1.54) is 19.2 Å². The van der Waals surface area contributed by atoms with E-state index in [1.54, 1.807) is 0 Å². The molecule has 0 bridgehead atoms. The highest BCUT2D eigenvalue weighted by Crippen LogP contribution is 2.29. The molecule has 0 saturated heterocycles. The number of nitrogens with zero attached hydrogens (tertiary/aromatic N) is 1. The molecule has 0 spiro atoms. The van der Waals surface area contributed by atoms with Crippen molar-refractivity contribution in [3.63, 3.8) is 0 Å². The minimum absolute atomic E-state index is 0.178. The lowest BCUT2D eigenvalue weighted by atomic mass is 10.1. The molecule has 0 radical (unpaired) electrons. The van der Waals surface area contributed by atoms with Gasteiger partial charge in [-0.2, -0.15) is 13.2 Å². The van der Waals surface area contributed by atoms with Crippen LogP contribution in [0.5, 0.6) is 0 Å². The maximum absolute atomic E-state index is 12.5. The van der Waals surface area contributed by atoms with E-state index in [1.807, 2.05) is 18.7 Å². The minimum Gasteiger partial charge on any atom is -0.469 e. The Hall–Kier alpha value is -1.56. The molecule has 0 fully saturated rings. The number of alkyl halides is 3. The normalized spacial score (nSPS) is 12.0. The van der Waals surface area contributed by atoms with Crippen molar-refractivity contribution < 1.29 is 22.7 Å². The van der Waals surface area contributed by atoms with Gasteiger partial charge in [0, 0.05) is 19.1 Å². The zero-order valence-corrected chi connectivity index (χ0v) is 12.4. The summed E-state index contributed by atoms with van der Waals surface area (Å²) in [5.41, 5.74) is 0.124. The quantitative estimate of drug-likeness (QED) is 0.754. The van der Waals surface area contributed by atoms with Crippen molar-refractivity contribution >= 4 is 5.97 Å². The SMILES string of the molecule is COC(=O)CCN(Cc1ccc(C(F)(F)F)cc1)C(C)C. The molecular formula is C15H20F3NO2. The number of hydrogen-bond acceptors (Lipinski definition) is 3. The summed E-state index contributed by atoms with van der Waals surface area (Å²) in [4.78, 5) is 13.2. The van der Waals surface area contributed by atoms with Crippen LogP contribution in [-0.4, -0.2) is 30.6 Å². The topological polar surface area (TPSA) is 29.5 Å². The van der Waals surface area contributed by atoms with Gasteiger partial charge in [-0.3, -0.25) is 9.69 Å². The first-order chi connectivity index (χ1) is 9.74. The zero-order valence-electron chi connectivity index (χ0n) is 12.4. The average Bonchev–Trinajstić information content (AvgIpc) is 2.42. The summed E-state index contributed by atoms with van der Waals surface area (Å²) in [6.45, 7) is 4.95. The smallest absolute Gasteiger partial charge is 0.416 e. The maximum Gasteiger partial charge on any atom is 0.416 e. The standard InChI is InChI=1S/C15H20F3NO2/c1-11(2)19(9-8-14(20)21-3)10-12-4-6-13(7-5-12)15(16,17)18/h4-7,11H,8-10H2,1-3H3. The molecule has 0 saturated carbocycles. The molecule has 0 N–H and O–H groups in total. The predicted octanol–water partition coefficient (Wildman–Crippen LogP) is 3.48. The number of benzene rings is 1. The largest absolute Gasteiger partial charge is 0.469 e. The molecule has 0 aromatic heterocycles. The van der Waals surface area contributed by atoms with Crippen molar-refractivity contribution in [2.75, 3.05) is 13.7 Å². The van der Waals surface area contributed by atoms with E-state index in [0.717, 1.165) is 17.7 Å². The highest BCUT2D eigenvalue weighted by Gasteiger charge is 2.30. The minimum atomic E-state index is -4.32. The van der Waals surface area contributed by atoms with E-state index in [2.05, 4.69) is 4.74 Å². The lowest BCUT2D eigenvalue weighted by Gasteiger charge is -2.26. The van der Waals surface area contributed by atoms with Crippen LogP contribution in [0.2, 0.25) is 0 Å². The van der Waals surface area contributed by atoms with Crippen LogP contribution in [0.4, 0.5) is 13.2 Å². The Balaban J connectivity index is 2.69. The number of ether oxygens (including phenoxy) is 1. The summed E-state index contributed by atoms with van der Waals surface area (Å²) >= 11 is 0. The van der Waals surface area contributed by atoms with Crippen LogP contribution in [0.25, 0.3) is 0 Å². The zero-order chi connectivity index (χ0) is 16.0. The van der Waals surface area contributed by atoms with Crippen LogP contribution in [0.15, 0.2) is 24.3 Å². The maximum atomic E-state index is 12.5. The molecule has 0 heterocycles. The number of rotatable bonds is 6. The fraction of sp³-hybridized carbons (Fsp3) is 0.533. The number of halogens is 3. The van der Waals surface area contributed by atoms with Crippen molar-refractivity contribution in [2.45, 2.75) is 39.0 Å². The first-order valence-corrected chi connectivity index (χ1v) is 6.71. The Labute approximate surface area is 122 Å². The summed E-state index contributed by atoms with van der Waals surface area (Å²) < 4.78 is 42.1. The van der Waals surface area contributed by atoms with Gasteiger partial charge in [0.2, 0.25) is 0 Å². The van der Waals surface area contributed by atoms with Gasteiger partial charge in [0.15, 0.2) is 0 Å². The van der Waals surface area contributed by atoms with E-state index in [9.17, 15) is 18.0 Å². The number of carbonyl (C=O) groups excluding carboxylic acids is 1. The molecule has 0 aliphatic rings. The third-order valence-electron chi connectivity index (χ3n) is 3.23. The van der Waals surface area contributed by atoms with Crippen LogP contribution in [0, 0.1) is 0 Å². The van der Waals surface area contributed by atoms with E-state index in [4.69, 9.17) is 0 Å². The highest BCUT2D eigenvalue weighted by molar-refractivity contribution is 5.69. The van der Waals surface area contributed by atoms with Crippen LogP contribution < -0.4 is 0 Å². The Morgan fingerprint density at radius 3 is 2.24 bits per heavy atom. The van der Waals surface area contributed by atoms with Gasteiger partial charge in [-0.05, 0) is 31.5 Å². The molecule has 1 rings (SSSR count). The van der Waals surface area contributed by atoms with Gasteiger partial charge in [0.05, 0.1) is 19.1 Å². The second kappa shape index (κ2) is 7.45. The second-order valence-electron chi connectivity index (χ2n) is 5.09. The molecule has 0 atom stereocenters. The summed E-state index contributed by atoms with van der Waals surface area (Å²) in [7, 11) is 1.33. The van der Waals surface area contributed by atoms with Gasteiger partial charge < -0.3 is 4.74 Å².